The molecule has 2 rings (SSSR count). The molecule has 0 bridgehead atoms. The molecule has 0 spiro atoms. The molecule has 84 valence electrons. The molecule has 2 aromatic rings. The van der Waals surface area contributed by atoms with E-state index in [9.17, 15) is 5.11 Å². The van der Waals surface area contributed by atoms with Crippen LogP contribution in [0.4, 0.5) is 0 Å². The van der Waals surface area contributed by atoms with Gasteiger partial charge in [0, 0.05) is 5.02 Å². The van der Waals surface area contributed by atoms with E-state index in [1.54, 1.807) is 0 Å². The van der Waals surface area contributed by atoms with Gasteiger partial charge in [-0.3, -0.25) is 0 Å². The molecule has 0 aliphatic carbocycles. The summed E-state index contributed by atoms with van der Waals surface area (Å²) in [5.74, 6) is 0. The number of hydrogen-bond acceptors (Lipinski definition) is 2. The summed E-state index contributed by atoms with van der Waals surface area (Å²) in [6, 6.07) is 11.5. The minimum atomic E-state index is -0.505. The van der Waals surface area contributed by atoms with E-state index >= 15 is 0 Å². The molecule has 0 radical (unpaired) electrons. The molecule has 1 unspecified atom stereocenters. The molecular weight excluding hydrogens is 222 g/mol. The molecule has 0 aliphatic rings. The van der Waals surface area contributed by atoms with Crippen molar-refractivity contribution in [3.63, 3.8) is 0 Å². The summed E-state index contributed by atoms with van der Waals surface area (Å²) in [6.45, 7) is 0.477. The fraction of sp³-hybridized carbons (Fsp3) is 0.231. The van der Waals surface area contributed by atoms with Crippen LogP contribution >= 0.6 is 11.6 Å². The molecule has 0 saturated carbocycles. The van der Waals surface area contributed by atoms with Crippen LogP contribution in [0.2, 0.25) is 5.02 Å². The highest BCUT2D eigenvalue weighted by atomic mass is 35.5. The lowest BCUT2D eigenvalue weighted by atomic mass is 9.99. The Balaban J connectivity index is 2.53. The lowest BCUT2D eigenvalue weighted by molar-refractivity contribution is 0.172. The van der Waals surface area contributed by atoms with Gasteiger partial charge in [0.25, 0.3) is 0 Å². The van der Waals surface area contributed by atoms with Crippen molar-refractivity contribution in [2.24, 2.45) is 5.73 Å². The SMILES string of the molecule is NCCC(O)c1cccc2cc(Cl)ccc12. The Labute approximate surface area is 99.6 Å². The lowest BCUT2D eigenvalue weighted by Crippen LogP contribution is -2.06. The maximum Gasteiger partial charge on any atom is 0.0808 e. The molecular formula is C13H14ClNO. The minimum Gasteiger partial charge on any atom is -0.388 e. The Hall–Kier alpha value is -1.09. The van der Waals surface area contributed by atoms with Gasteiger partial charge in [0.1, 0.15) is 0 Å². The molecule has 3 heteroatoms. The van der Waals surface area contributed by atoms with Crippen LogP contribution < -0.4 is 5.73 Å². The number of hydrogen-bond donors (Lipinski definition) is 2. The van der Waals surface area contributed by atoms with E-state index in [4.69, 9.17) is 17.3 Å². The normalized spacial score (nSPS) is 12.9. The first kappa shape index (κ1) is 11.4. The van der Waals surface area contributed by atoms with Crippen molar-refractivity contribution in [3.05, 3.63) is 47.0 Å². The van der Waals surface area contributed by atoms with Gasteiger partial charge in [0.15, 0.2) is 0 Å². The highest BCUT2D eigenvalue weighted by Crippen LogP contribution is 2.27. The first-order valence-electron chi connectivity index (χ1n) is 5.28. The first-order chi connectivity index (χ1) is 7.72. The summed E-state index contributed by atoms with van der Waals surface area (Å²) in [4.78, 5) is 0. The predicted octanol–water partition coefficient (Wildman–Crippen LogP) is 2.88. The van der Waals surface area contributed by atoms with Gasteiger partial charge in [-0.05, 0) is 41.4 Å². The molecule has 0 fully saturated rings. The smallest absolute Gasteiger partial charge is 0.0808 e. The van der Waals surface area contributed by atoms with Crippen molar-refractivity contribution in [2.45, 2.75) is 12.5 Å². The average Bonchev–Trinajstić information content (AvgIpc) is 2.28. The number of fused-ring (bicyclic) bond motifs is 1. The van der Waals surface area contributed by atoms with E-state index in [2.05, 4.69) is 0 Å². The average molecular weight is 236 g/mol. The molecule has 2 aromatic carbocycles. The van der Waals surface area contributed by atoms with E-state index in [1.165, 1.54) is 0 Å². The number of rotatable bonds is 3. The molecule has 0 amide bonds. The van der Waals surface area contributed by atoms with Crippen molar-refractivity contribution in [1.29, 1.82) is 0 Å². The first-order valence-corrected chi connectivity index (χ1v) is 5.66. The highest BCUT2D eigenvalue weighted by molar-refractivity contribution is 6.31. The van der Waals surface area contributed by atoms with E-state index in [1.807, 2.05) is 36.4 Å². The van der Waals surface area contributed by atoms with Crippen molar-refractivity contribution >= 4 is 22.4 Å². The number of aliphatic hydroxyl groups is 1. The fourth-order valence-corrected chi connectivity index (χ4v) is 2.06. The molecule has 0 aliphatic heterocycles. The topological polar surface area (TPSA) is 46.2 Å². The molecule has 2 nitrogen and oxygen atoms in total. The van der Waals surface area contributed by atoms with Gasteiger partial charge < -0.3 is 10.8 Å². The third-order valence-corrected chi connectivity index (χ3v) is 2.91. The Morgan fingerprint density at radius 3 is 2.81 bits per heavy atom. The van der Waals surface area contributed by atoms with Gasteiger partial charge in [0.05, 0.1) is 6.10 Å². The predicted molar refractivity (Wildman–Crippen MR) is 67.6 cm³/mol. The highest BCUT2D eigenvalue weighted by Gasteiger charge is 2.09. The molecule has 1 atom stereocenters. The molecule has 0 heterocycles. The van der Waals surface area contributed by atoms with Crippen LogP contribution in [-0.2, 0) is 0 Å². The van der Waals surface area contributed by atoms with E-state index < -0.39 is 6.10 Å². The molecule has 3 N–H and O–H groups in total. The Bertz CT molecular complexity index is 498. The lowest BCUT2D eigenvalue weighted by Gasteiger charge is -2.12. The van der Waals surface area contributed by atoms with Crippen LogP contribution in [0.25, 0.3) is 10.8 Å². The second-order valence-electron chi connectivity index (χ2n) is 3.81. The van der Waals surface area contributed by atoms with E-state index in [-0.39, 0.29) is 0 Å². The summed E-state index contributed by atoms with van der Waals surface area (Å²) in [7, 11) is 0. The van der Waals surface area contributed by atoms with Crippen LogP contribution in [0, 0.1) is 0 Å². The van der Waals surface area contributed by atoms with Crippen LogP contribution in [-0.4, -0.2) is 11.7 Å². The summed E-state index contributed by atoms with van der Waals surface area (Å²) in [5, 5.41) is 12.8. The van der Waals surface area contributed by atoms with Crippen LogP contribution in [0.3, 0.4) is 0 Å². The quantitative estimate of drug-likeness (QED) is 0.860. The monoisotopic (exact) mass is 235 g/mol. The van der Waals surface area contributed by atoms with Gasteiger partial charge in [-0.2, -0.15) is 0 Å². The van der Waals surface area contributed by atoms with Crippen LogP contribution in [0.15, 0.2) is 36.4 Å². The third-order valence-electron chi connectivity index (χ3n) is 2.68. The molecule has 0 aromatic heterocycles. The number of benzene rings is 2. The maximum absolute atomic E-state index is 9.97. The summed E-state index contributed by atoms with van der Waals surface area (Å²) >= 11 is 5.93. The van der Waals surface area contributed by atoms with Gasteiger partial charge in [0.2, 0.25) is 0 Å². The van der Waals surface area contributed by atoms with Gasteiger partial charge in [-0.1, -0.05) is 35.9 Å². The zero-order valence-corrected chi connectivity index (χ0v) is 9.61. The molecule has 0 saturated heterocycles. The number of nitrogens with two attached hydrogens (primary N) is 1. The largest absolute Gasteiger partial charge is 0.388 e. The van der Waals surface area contributed by atoms with Crippen molar-refractivity contribution < 1.29 is 5.11 Å². The van der Waals surface area contributed by atoms with Crippen LogP contribution in [0.5, 0.6) is 0 Å². The molecule has 16 heavy (non-hydrogen) atoms. The summed E-state index contributed by atoms with van der Waals surface area (Å²) in [5.41, 5.74) is 6.37. The van der Waals surface area contributed by atoms with Crippen LogP contribution in [0.1, 0.15) is 18.1 Å². The number of halogens is 1. The summed E-state index contributed by atoms with van der Waals surface area (Å²) in [6.07, 6.45) is 0.0664. The van der Waals surface area contributed by atoms with Gasteiger partial charge in [-0.25, -0.2) is 0 Å². The van der Waals surface area contributed by atoms with Gasteiger partial charge >= 0.3 is 0 Å². The fourth-order valence-electron chi connectivity index (χ4n) is 1.88. The Morgan fingerprint density at radius 1 is 1.25 bits per heavy atom. The van der Waals surface area contributed by atoms with E-state index in [0.717, 1.165) is 16.3 Å². The zero-order chi connectivity index (χ0) is 11.5. The third kappa shape index (κ3) is 2.19. The van der Waals surface area contributed by atoms with Gasteiger partial charge in [-0.15, -0.1) is 0 Å². The van der Waals surface area contributed by atoms with Crippen molar-refractivity contribution in [1.82, 2.24) is 0 Å². The maximum atomic E-state index is 9.97. The Kier molecular flexibility index (Phi) is 3.44. The Morgan fingerprint density at radius 2 is 2.06 bits per heavy atom. The minimum absolute atomic E-state index is 0.477. The second-order valence-corrected chi connectivity index (χ2v) is 4.24. The second kappa shape index (κ2) is 4.83. The summed E-state index contributed by atoms with van der Waals surface area (Å²) < 4.78 is 0. The standard InChI is InChI=1S/C13H14ClNO/c14-10-4-5-11-9(8-10)2-1-3-12(11)13(16)6-7-15/h1-5,8,13,16H,6-7,15H2. The van der Waals surface area contributed by atoms with E-state index in [0.29, 0.717) is 18.0 Å². The van der Waals surface area contributed by atoms with Crippen molar-refractivity contribution in [2.75, 3.05) is 6.54 Å². The number of aliphatic hydroxyl groups excluding tert-OH is 1. The van der Waals surface area contributed by atoms with Crippen molar-refractivity contribution in [3.8, 4) is 0 Å². The zero-order valence-electron chi connectivity index (χ0n) is 8.86.